The van der Waals surface area contributed by atoms with Gasteiger partial charge in [0.25, 0.3) is 0 Å². The summed E-state index contributed by atoms with van der Waals surface area (Å²) >= 11 is 0. The van der Waals surface area contributed by atoms with E-state index in [1.807, 2.05) is 0 Å². The Balaban J connectivity index is 3.35. The van der Waals surface area contributed by atoms with Crippen LogP contribution in [0.25, 0.3) is 0 Å². The number of esters is 1. The van der Waals surface area contributed by atoms with Crippen molar-refractivity contribution in [3.63, 3.8) is 0 Å². The van der Waals surface area contributed by atoms with Crippen molar-refractivity contribution in [3.05, 3.63) is 23.8 Å². The number of hydrogen-bond donors (Lipinski definition) is 1. The molecule has 0 aliphatic heterocycles. The zero-order valence-corrected chi connectivity index (χ0v) is 19.0. The van der Waals surface area contributed by atoms with Gasteiger partial charge in [0.1, 0.15) is 0 Å². The van der Waals surface area contributed by atoms with Crippen LogP contribution in [0.4, 0.5) is 0 Å². The van der Waals surface area contributed by atoms with Gasteiger partial charge in [-0.15, -0.1) is 0 Å². The Labute approximate surface area is 178 Å². The fraction of sp³-hybridized carbons (Fsp3) is 0.760. The van der Waals surface area contributed by atoms with E-state index in [1.54, 1.807) is 0 Å². The van der Waals surface area contributed by atoms with Crippen molar-refractivity contribution >= 4 is 11.9 Å². The summed E-state index contributed by atoms with van der Waals surface area (Å²) < 4.78 is 5.13. The molecule has 0 unspecified atom stereocenters. The van der Waals surface area contributed by atoms with E-state index in [4.69, 9.17) is 9.84 Å². The molecule has 0 amide bonds. The average molecular weight is 409 g/mol. The van der Waals surface area contributed by atoms with Crippen LogP contribution in [0.1, 0.15) is 117 Å². The van der Waals surface area contributed by atoms with Crippen LogP contribution in [0.2, 0.25) is 0 Å². The van der Waals surface area contributed by atoms with Crippen molar-refractivity contribution in [2.45, 2.75) is 117 Å². The molecule has 0 aromatic heterocycles. The summed E-state index contributed by atoms with van der Waals surface area (Å²) in [5.74, 6) is -1.59. The molecule has 0 fully saturated rings. The maximum absolute atomic E-state index is 11.7. The second-order valence-electron chi connectivity index (χ2n) is 8.10. The third-order valence-electron chi connectivity index (χ3n) is 5.22. The van der Waals surface area contributed by atoms with Gasteiger partial charge in [0.05, 0.1) is 12.2 Å². The van der Waals surface area contributed by atoms with Crippen molar-refractivity contribution < 1.29 is 19.4 Å². The Morgan fingerprint density at radius 2 is 1.14 bits per heavy atom. The van der Waals surface area contributed by atoms with Crippen LogP contribution in [-0.4, -0.2) is 23.7 Å². The first-order chi connectivity index (χ1) is 14.0. The van der Waals surface area contributed by atoms with Gasteiger partial charge in [-0.2, -0.15) is 0 Å². The van der Waals surface area contributed by atoms with E-state index < -0.39 is 11.9 Å². The molecule has 0 saturated heterocycles. The second-order valence-corrected chi connectivity index (χ2v) is 8.10. The minimum absolute atomic E-state index is 0.0781. The van der Waals surface area contributed by atoms with Crippen molar-refractivity contribution in [3.8, 4) is 0 Å². The maximum atomic E-state index is 11.7. The Kier molecular flexibility index (Phi) is 18.6. The molecular formula is C25H44O4. The normalized spacial score (nSPS) is 11.4. The van der Waals surface area contributed by atoms with Crippen molar-refractivity contribution in [1.29, 1.82) is 0 Å². The smallest absolute Gasteiger partial charge is 0.337 e. The minimum Gasteiger partial charge on any atom is -0.478 e. The van der Waals surface area contributed by atoms with Crippen LogP contribution in [0.3, 0.4) is 0 Å². The summed E-state index contributed by atoms with van der Waals surface area (Å²) in [7, 11) is 0. The molecule has 4 heteroatoms. The molecule has 0 radical (unpaired) electrons. The van der Waals surface area contributed by atoms with E-state index in [0.717, 1.165) is 12.8 Å². The summed E-state index contributed by atoms with van der Waals surface area (Å²) in [6.07, 6.45) is 22.1. The largest absolute Gasteiger partial charge is 0.478 e. The monoisotopic (exact) mass is 408 g/mol. The molecule has 4 nitrogen and oxygen atoms in total. The highest BCUT2D eigenvalue weighted by Gasteiger charge is 2.08. The number of rotatable bonds is 20. The maximum Gasteiger partial charge on any atom is 0.337 e. The molecule has 0 aliphatic carbocycles. The molecule has 0 rings (SSSR count). The van der Waals surface area contributed by atoms with E-state index in [-0.39, 0.29) is 11.1 Å². The van der Waals surface area contributed by atoms with Crippen molar-refractivity contribution in [2.75, 3.05) is 6.61 Å². The minimum atomic E-state index is -1.06. The van der Waals surface area contributed by atoms with E-state index in [2.05, 4.69) is 13.5 Å². The Bertz CT molecular complexity index is 479. The zero-order chi connectivity index (χ0) is 21.7. The van der Waals surface area contributed by atoms with Gasteiger partial charge in [-0.05, 0) is 19.4 Å². The lowest BCUT2D eigenvalue weighted by molar-refractivity contribution is -0.138. The van der Waals surface area contributed by atoms with Gasteiger partial charge >= 0.3 is 11.9 Å². The van der Waals surface area contributed by atoms with Gasteiger partial charge in [0, 0.05) is 5.57 Å². The number of hydrogen-bond acceptors (Lipinski definition) is 3. The van der Waals surface area contributed by atoms with E-state index in [0.29, 0.717) is 6.61 Å². The summed E-state index contributed by atoms with van der Waals surface area (Å²) in [6, 6.07) is 0. The number of carbonyl (C=O) groups excluding carboxylic acids is 1. The number of carboxylic acids is 1. The number of aliphatic carboxylic acids is 1. The molecular weight excluding hydrogens is 364 g/mol. The third kappa shape index (κ3) is 18.2. The van der Waals surface area contributed by atoms with Gasteiger partial charge in [-0.1, -0.05) is 110 Å². The van der Waals surface area contributed by atoms with E-state index >= 15 is 0 Å². The molecule has 0 aromatic rings. The second kappa shape index (κ2) is 19.7. The lowest BCUT2D eigenvalue weighted by atomic mass is 10.0. The Morgan fingerprint density at radius 1 is 0.759 bits per heavy atom. The molecule has 0 bridgehead atoms. The van der Waals surface area contributed by atoms with Gasteiger partial charge in [0.15, 0.2) is 0 Å². The van der Waals surface area contributed by atoms with Crippen molar-refractivity contribution in [1.82, 2.24) is 0 Å². The summed E-state index contributed by atoms with van der Waals surface area (Å²) in [4.78, 5) is 22.4. The molecule has 0 aromatic carbocycles. The molecule has 168 valence electrons. The van der Waals surface area contributed by atoms with Crippen LogP contribution in [0.15, 0.2) is 23.8 Å². The molecule has 0 aliphatic rings. The fourth-order valence-electron chi connectivity index (χ4n) is 3.29. The van der Waals surface area contributed by atoms with Crippen LogP contribution >= 0.6 is 0 Å². The van der Waals surface area contributed by atoms with Crippen LogP contribution in [0, 0.1) is 0 Å². The predicted octanol–water partition coefficient (Wildman–Crippen LogP) is 7.38. The van der Waals surface area contributed by atoms with Gasteiger partial charge in [-0.3, -0.25) is 0 Å². The summed E-state index contributed by atoms with van der Waals surface area (Å²) in [6.45, 7) is 7.62. The highest BCUT2D eigenvalue weighted by molar-refractivity contribution is 5.94. The SMILES string of the molecule is C=C(/C=C(\C)C(=O)O)C(=O)OCCCCCCCCCCCCCCCCCC. The third-order valence-corrected chi connectivity index (χ3v) is 5.22. The van der Waals surface area contributed by atoms with E-state index in [1.165, 1.54) is 103 Å². The first kappa shape index (κ1) is 27.4. The number of carbonyl (C=O) groups is 2. The molecule has 0 atom stereocenters. The van der Waals surface area contributed by atoms with Gasteiger partial charge in [-0.25, -0.2) is 9.59 Å². The topological polar surface area (TPSA) is 63.6 Å². The van der Waals surface area contributed by atoms with Crippen LogP contribution < -0.4 is 0 Å². The predicted molar refractivity (Wildman–Crippen MR) is 121 cm³/mol. The van der Waals surface area contributed by atoms with Crippen LogP contribution in [-0.2, 0) is 14.3 Å². The lowest BCUT2D eigenvalue weighted by Gasteiger charge is -2.05. The highest BCUT2D eigenvalue weighted by Crippen LogP contribution is 2.14. The first-order valence-electron chi connectivity index (χ1n) is 11.8. The Morgan fingerprint density at radius 3 is 1.52 bits per heavy atom. The fourth-order valence-corrected chi connectivity index (χ4v) is 3.29. The molecule has 29 heavy (non-hydrogen) atoms. The standard InChI is InChI=1S/C25H44O4/c1-4-5-6-7-8-9-10-11-12-13-14-15-16-17-18-19-20-29-25(28)23(3)21-22(2)24(26)27/h21H,3-20H2,1-2H3,(H,26,27)/b22-21+. The summed E-state index contributed by atoms with van der Waals surface area (Å²) in [5.41, 5.74) is 0.163. The summed E-state index contributed by atoms with van der Waals surface area (Å²) in [5, 5.41) is 8.78. The number of unbranched alkanes of at least 4 members (excludes halogenated alkanes) is 15. The zero-order valence-electron chi connectivity index (χ0n) is 19.0. The van der Waals surface area contributed by atoms with Gasteiger partial charge in [0.2, 0.25) is 0 Å². The molecule has 1 N–H and O–H groups in total. The first-order valence-corrected chi connectivity index (χ1v) is 11.8. The van der Waals surface area contributed by atoms with Crippen LogP contribution in [0.5, 0.6) is 0 Å². The Hall–Kier alpha value is -1.58. The highest BCUT2D eigenvalue weighted by atomic mass is 16.5. The van der Waals surface area contributed by atoms with Gasteiger partial charge < -0.3 is 9.84 Å². The van der Waals surface area contributed by atoms with Crippen molar-refractivity contribution in [2.24, 2.45) is 0 Å². The average Bonchev–Trinajstić information content (AvgIpc) is 2.69. The lowest BCUT2D eigenvalue weighted by Crippen LogP contribution is -2.08. The molecule has 0 heterocycles. The number of carboxylic acid groups (broad SMARTS) is 1. The molecule has 0 spiro atoms. The molecule has 0 saturated carbocycles. The van der Waals surface area contributed by atoms with E-state index in [9.17, 15) is 9.59 Å². The number of ether oxygens (including phenoxy) is 1. The quantitative estimate of drug-likeness (QED) is 0.0987.